The van der Waals surface area contributed by atoms with Gasteiger partial charge in [0.1, 0.15) is 6.04 Å². The van der Waals surface area contributed by atoms with Gasteiger partial charge in [0.05, 0.1) is 0 Å². The highest BCUT2D eigenvalue weighted by molar-refractivity contribution is 6.05. The van der Waals surface area contributed by atoms with Crippen LogP contribution in [0.1, 0.15) is 53.6 Å². The lowest BCUT2D eigenvalue weighted by atomic mass is 10.0. The Morgan fingerprint density at radius 3 is 2.69 bits per heavy atom. The number of nitrogens with zero attached hydrogens (tertiary/aromatic N) is 2. The Hall–Kier alpha value is -2.25. The third-order valence-electron chi connectivity index (χ3n) is 6.72. The van der Waals surface area contributed by atoms with Crippen LogP contribution in [0.4, 0.5) is 0 Å². The number of hydrogen-bond acceptors (Lipinski definition) is 5. The van der Waals surface area contributed by atoms with E-state index in [9.17, 15) is 14.4 Å². The van der Waals surface area contributed by atoms with E-state index in [0.717, 1.165) is 43.2 Å². The summed E-state index contributed by atoms with van der Waals surface area (Å²) < 4.78 is 0. The van der Waals surface area contributed by atoms with Crippen LogP contribution >= 0.6 is 0 Å². The Kier molecular flexibility index (Phi) is 4.87. The average molecular weight is 396 g/mol. The van der Waals surface area contributed by atoms with E-state index in [2.05, 4.69) is 21.6 Å². The van der Waals surface area contributed by atoms with E-state index < -0.39 is 6.04 Å². The first kappa shape index (κ1) is 18.8. The lowest BCUT2D eigenvalue weighted by Gasteiger charge is -2.29. The molecule has 3 aliphatic heterocycles. The molecule has 0 spiro atoms. The van der Waals surface area contributed by atoms with Gasteiger partial charge in [0.2, 0.25) is 11.8 Å². The first-order chi connectivity index (χ1) is 14.1. The largest absolute Gasteiger partial charge is 0.322 e. The number of fused-ring (bicyclic) bond motifs is 1. The fourth-order valence-electron chi connectivity index (χ4n) is 4.86. The van der Waals surface area contributed by atoms with E-state index in [-0.39, 0.29) is 24.1 Å². The molecule has 2 saturated heterocycles. The minimum Gasteiger partial charge on any atom is -0.322 e. The lowest BCUT2D eigenvalue weighted by Crippen LogP contribution is -2.52. The van der Waals surface area contributed by atoms with Crippen molar-refractivity contribution < 1.29 is 14.4 Å². The molecule has 154 valence electrons. The van der Waals surface area contributed by atoms with Gasteiger partial charge in [-0.25, -0.2) is 0 Å². The minimum absolute atomic E-state index is 0.0902. The van der Waals surface area contributed by atoms with Crippen molar-refractivity contribution in [1.29, 1.82) is 0 Å². The first-order valence-electron chi connectivity index (χ1n) is 10.8. The summed E-state index contributed by atoms with van der Waals surface area (Å²) in [5.74, 6) is 0.129. The molecular formula is C22H28N4O3. The minimum atomic E-state index is -0.549. The lowest BCUT2D eigenvalue weighted by molar-refractivity contribution is -0.136. The second-order valence-corrected chi connectivity index (χ2v) is 8.91. The molecule has 29 heavy (non-hydrogen) atoms. The molecule has 0 aromatic heterocycles. The second-order valence-electron chi connectivity index (χ2n) is 8.91. The summed E-state index contributed by atoms with van der Waals surface area (Å²) in [5, 5.41) is 5.83. The molecule has 3 amide bonds. The highest BCUT2D eigenvalue weighted by atomic mass is 16.2. The van der Waals surface area contributed by atoms with Gasteiger partial charge in [0.15, 0.2) is 0 Å². The maximum Gasteiger partial charge on any atom is 0.255 e. The molecule has 2 atom stereocenters. The molecule has 2 N–H and O–H groups in total. The standard InChI is InChI=1S/C22H28N4O3/c27-20-6-5-19(21(28)24-20)26-13-16-4-3-15(9-18(16)22(26)29)12-25(11-14-1-2-14)17-7-8-23-10-17/h3-4,9,14,17,19,23H,1-2,5-8,10-13H2,(H,24,27,28)/t17-,19?/m1/s1. The van der Waals surface area contributed by atoms with Crippen LogP contribution in [0.3, 0.4) is 0 Å². The molecule has 1 aliphatic carbocycles. The van der Waals surface area contributed by atoms with Crippen LogP contribution in [0, 0.1) is 5.92 Å². The molecular weight excluding hydrogens is 368 g/mol. The van der Waals surface area contributed by atoms with Gasteiger partial charge in [-0.1, -0.05) is 12.1 Å². The zero-order valence-electron chi connectivity index (χ0n) is 16.7. The summed E-state index contributed by atoms with van der Waals surface area (Å²) in [6, 6.07) is 6.21. The Labute approximate surface area is 170 Å². The first-order valence-corrected chi connectivity index (χ1v) is 10.8. The number of carbonyl (C=O) groups excluding carboxylic acids is 3. The molecule has 3 fully saturated rings. The van der Waals surface area contributed by atoms with E-state index >= 15 is 0 Å². The average Bonchev–Trinajstić information content (AvgIpc) is 3.23. The highest BCUT2D eigenvalue weighted by Crippen LogP contribution is 2.32. The van der Waals surface area contributed by atoms with Gasteiger partial charge in [-0.15, -0.1) is 0 Å². The molecule has 5 rings (SSSR count). The molecule has 7 heteroatoms. The van der Waals surface area contributed by atoms with E-state index in [1.54, 1.807) is 4.90 Å². The van der Waals surface area contributed by atoms with Gasteiger partial charge >= 0.3 is 0 Å². The second kappa shape index (κ2) is 7.54. The molecule has 1 unspecified atom stereocenters. The molecule has 1 aromatic rings. The van der Waals surface area contributed by atoms with Gasteiger partial charge in [-0.05, 0) is 55.3 Å². The third-order valence-corrected chi connectivity index (χ3v) is 6.72. The fourth-order valence-corrected chi connectivity index (χ4v) is 4.86. The third kappa shape index (κ3) is 3.81. The van der Waals surface area contributed by atoms with Crippen molar-refractivity contribution in [3.63, 3.8) is 0 Å². The molecule has 4 aliphatic rings. The van der Waals surface area contributed by atoms with E-state index in [1.165, 1.54) is 19.3 Å². The van der Waals surface area contributed by atoms with Crippen molar-refractivity contribution in [3.05, 3.63) is 34.9 Å². The van der Waals surface area contributed by atoms with Gasteiger partial charge < -0.3 is 10.2 Å². The van der Waals surface area contributed by atoms with Crippen molar-refractivity contribution in [1.82, 2.24) is 20.4 Å². The summed E-state index contributed by atoms with van der Waals surface area (Å²) >= 11 is 0. The molecule has 3 heterocycles. The van der Waals surface area contributed by atoms with Crippen LogP contribution in [0.15, 0.2) is 18.2 Å². The predicted molar refractivity (Wildman–Crippen MR) is 107 cm³/mol. The van der Waals surface area contributed by atoms with Crippen LogP contribution in [0.2, 0.25) is 0 Å². The Morgan fingerprint density at radius 2 is 1.97 bits per heavy atom. The monoisotopic (exact) mass is 396 g/mol. The van der Waals surface area contributed by atoms with Crippen LogP contribution < -0.4 is 10.6 Å². The summed E-state index contributed by atoms with van der Waals surface area (Å²) in [4.78, 5) is 40.9. The Bertz CT molecular complexity index is 844. The van der Waals surface area contributed by atoms with Crippen LogP contribution in [-0.2, 0) is 22.7 Å². The highest BCUT2D eigenvalue weighted by Gasteiger charge is 2.39. The summed E-state index contributed by atoms with van der Waals surface area (Å²) in [7, 11) is 0. The number of piperidine rings is 1. The predicted octanol–water partition coefficient (Wildman–Crippen LogP) is 1.02. The van der Waals surface area contributed by atoms with Gasteiger partial charge in [0.25, 0.3) is 5.91 Å². The zero-order chi connectivity index (χ0) is 20.0. The molecule has 0 bridgehead atoms. The summed E-state index contributed by atoms with van der Waals surface area (Å²) in [5.41, 5.74) is 2.85. The quantitative estimate of drug-likeness (QED) is 0.702. The number of rotatable bonds is 6. The van der Waals surface area contributed by atoms with Crippen molar-refractivity contribution in [3.8, 4) is 0 Å². The van der Waals surface area contributed by atoms with E-state index in [1.807, 2.05) is 12.1 Å². The normalized spacial score (nSPS) is 26.9. The van der Waals surface area contributed by atoms with Crippen LogP contribution in [-0.4, -0.2) is 59.2 Å². The SMILES string of the molecule is O=C1CCC(N2Cc3ccc(CN(CC4CC4)[C@@H]4CCNC4)cc3C2=O)C(=O)N1. The molecule has 0 radical (unpaired) electrons. The van der Waals surface area contributed by atoms with Crippen LogP contribution in [0.5, 0.6) is 0 Å². The maximum absolute atomic E-state index is 13.0. The maximum atomic E-state index is 13.0. The van der Waals surface area contributed by atoms with Crippen molar-refractivity contribution in [2.24, 2.45) is 5.92 Å². The number of nitrogens with one attached hydrogen (secondary N) is 2. The fraction of sp³-hybridized carbons (Fsp3) is 0.591. The number of benzene rings is 1. The van der Waals surface area contributed by atoms with Crippen molar-refractivity contribution in [2.75, 3.05) is 19.6 Å². The summed E-state index contributed by atoms with van der Waals surface area (Å²) in [6.07, 6.45) is 4.54. The zero-order valence-corrected chi connectivity index (χ0v) is 16.7. The number of amides is 3. The van der Waals surface area contributed by atoms with E-state index in [4.69, 9.17) is 0 Å². The van der Waals surface area contributed by atoms with Crippen LogP contribution in [0.25, 0.3) is 0 Å². The Balaban J connectivity index is 1.31. The summed E-state index contributed by atoms with van der Waals surface area (Å²) in [6.45, 7) is 4.57. The van der Waals surface area contributed by atoms with Gasteiger partial charge in [-0.2, -0.15) is 0 Å². The molecule has 7 nitrogen and oxygen atoms in total. The Morgan fingerprint density at radius 1 is 1.10 bits per heavy atom. The van der Waals surface area contributed by atoms with Crippen molar-refractivity contribution >= 4 is 17.7 Å². The smallest absolute Gasteiger partial charge is 0.255 e. The topological polar surface area (TPSA) is 81.8 Å². The number of imide groups is 1. The van der Waals surface area contributed by atoms with Crippen molar-refractivity contribution in [2.45, 2.75) is 57.3 Å². The number of hydrogen-bond donors (Lipinski definition) is 2. The van der Waals surface area contributed by atoms with Gasteiger partial charge in [0, 0.05) is 44.2 Å². The molecule has 1 saturated carbocycles. The van der Waals surface area contributed by atoms with Gasteiger partial charge in [-0.3, -0.25) is 24.6 Å². The van der Waals surface area contributed by atoms with E-state index in [0.29, 0.717) is 24.6 Å². The number of carbonyl (C=O) groups is 3. The molecule has 1 aromatic carbocycles.